The van der Waals surface area contributed by atoms with Crippen molar-refractivity contribution in [2.75, 3.05) is 7.11 Å². The van der Waals surface area contributed by atoms with E-state index in [-0.39, 0.29) is 11.5 Å². The number of ether oxygens (including phenoxy) is 2. The molecule has 3 aromatic rings. The van der Waals surface area contributed by atoms with Crippen LogP contribution < -0.4 is 0 Å². The summed E-state index contributed by atoms with van der Waals surface area (Å²) in [6.45, 7) is 0. The number of hydrogen-bond acceptors (Lipinski definition) is 6. The largest absolute Gasteiger partial charge is 0.466 e. The number of halogens is 1. The van der Waals surface area contributed by atoms with Gasteiger partial charge in [0.05, 0.1) is 12.8 Å². The molecule has 0 N–H and O–H groups in total. The minimum absolute atomic E-state index is 0.161. The number of esters is 2. The zero-order chi connectivity index (χ0) is 18.7. The first-order valence-corrected chi connectivity index (χ1v) is 8.54. The van der Waals surface area contributed by atoms with Crippen LogP contribution >= 0.6 is 11.3 Å². The first kappa shape index (κ1) is 17.8. The van der Waals surface area contributed by atoms with E-state index < -0.39 is 18.0 Å². The van der Waals surface area contributed by atoms with Crippen molar-refractivity contribution in [2.24, 2.45) is 7.05 Å². The number of rotatable bonds is 5. The molecule has 0 bridgehead atoms. The molecule has 0 saturated heterocycles. The Morgan fingerprint density at radius 1 is 1.23 bits per heavy atom. The summed E-state index contributed by atoms with van der Waals surface area (Å²) >= 11 is 1.38. The Morgan fingerprint density at radius 2 is 1.96 bits per heavy atom. The third-order valence-electron chi connectivity index (χ3n) is 3.72. The van der Waals surface area contributed by atoms with Crippen LogP contribution in [-0.4, -0.2) is 28.8 Å². The van der Waals surface area contributed by atoms with Gasteiger partial charge in [-0.2, -0.15) is 16.4 Å². The molecule has 1 atom stereocenters. The molecule has 0 spiro atoms. The maximum Gasteiger partial charge on any atom is 0.357 e. The summed E-state index contributed by atoms with van der Waals surface area (Å²) in [4.78, 5) is 24.5. The van der Waals surface area contributed by atoms with Crippen molar-refractivity contribution in [3.05, 3.63) is 64.2 Å². The molecular formula is C18H15FN2O4S. The van der Waals surface area contributed by atoms with Crippen molar-refractivity contribution in [3.8, 4) is 11.3 Å². The molecule has 0 aliphatic carbocycles. The maximum absolute atomic E-state index is 13.1. The number of nitrogens with zero attached hydrogens (tertiary/aromatic N) is 2. The van der Waals surface area contributed by atoms with Crippen LogP contribution in [0.5, 0.6) is 0 Å². The third-order valence-corrected chi connectivity index (χ3v) is 4.42. The monoisotopic (exact) mass is 374 g/mol. The van der Waals surface area contributed by atoms with Crippen LogP contribution in [0.25, 0.3) is 11.3 Å². The molecule has 0 radical (unpaired) electrons. The number of benzene rings is 1. The van der Waals surface area contributed by atoms with Gasteiger partial charge in [-0.1, -0.05) is 0 Å². The highest BCUT2D eigenvalue weighted by atomic mass is 32.1. The smallest absolute Gasteiger partial charge is 0.357 e. The highest BCUT2D eigenvalue weighted by Gasteiger charge is 2.28. The summed E-state index contributed by atoms with van der Waals surface area (Å²) in [7, 11) is 2.81. The number of carbonyl (C=O) groups is 2. The molecule has 0 amide bonds. The summed E-state index contributed by atoms with van der Waals surface area (Å²) < 4.78 is 24.5. The van der Waals surface area contributed by atoms with Gasteiger partial charge in [-0.05, 0) is 47.2 Å². The molecule has 3 rings (SSSR count). The van der Waals surface area contributed by atoms with E-state index in [0.29, 0.717) is 16.8 Å². The van der Waals surface area contributed by atoms with Crippen LogP contribution in [0.3, 0.4) is 0 Å². The van der Waals surface area contributed by atoms with E-state index in [1.165, 1.54) is 41.3 Å². The van der Waals surface area contributed by atoms with Crippen LogP contribution in [0.2, 0.25) is 0 Å². The molecule has 0 aliphatic rings. The van der Waals surface area contributed by atoms with Gasteiger partial charge in [-0.15, -0.1) is 0 Å². The Hall–Kier alpha value is -3.00. The number of aryl methyl sites for hydroxylation is 1. The van der Waals surface area contributed by atoms with Crippen molar-refractivity contribution in [1.82, 2.24) is 9.78 Å². The first-order chi connectivity index (χ1) is 12.5. The fourth-order valence-electron chi connectivity index (χ4n) is 2.37. The molecule has 26 heavy (non-hydrogen) atoms. The Morgan fingerprint density at radius 3 is 2.58 bits per heavy atom. The van der Waals surface area contributed by atoms with E-state index in [2.05, 4.69) is 5.10 Å². The predicted molar refractivity (Wildman–Crippen MR) is 93.1 cm³/mol. The number of hydrogen-bond donors (Lipinski definition) is 0. The quantitative estimate of drug-likeness (QED) is 0.641. The van der Waals surface area contributed by atoms with Crippen molar-refractivity contribution in [3.63, 3.8) is 0 Å². The van der Waals surface area contributed by atoms with Gasteiger partial charge in [-0.25, -0.2) is 14.0 Å². The van der Waals surface area contributed by atoms with Crippen LogP contribution in [0.4, 0.5) is 4.39 Å². The lowest BCUT2D eigenvalue weighted by molar-refractivity contribution is -0.151. The van der Waals surface area contributed by atoms with E-state index in [4.69, 9.17) is 9.47 Å². The van der Waals surface area contributed by atoms with Gasteiger partial charge in [0.25, 0.3) is 0 Å². The Balaban J connectivity index is 1.85. The lowest BCUT2D eigenvalue weighted by Gasteiger charge is -2.14. The minimum Gasteiger partial charge on any atom is -0.466 e. The average Bonchev–Trinajstić information content (AvgIpc) is 3.29. The lowest BCUT2D eigenvalue weighted by atomic mass is 10.1. The SMILES string of the molecule is COC(=O)C(OC(=O)c1cc(-c2ccc(F)cc2)nn1C)c1ccsc1. The van der Waals surface area contributed by atoms with Gasteiger partial charge in [0.2, 0.25) is 6.10 Å². The molecule has 134 valence electrons. The Kier molecular flexibility index (Phi) is 5.13. The van der Waals surface area contributed by atoms with Crippen molar-refractivity contribution in [1.29, 1.82) is 0 Å². The second-order valence-electron chi connectivity index (χ2n) is 5.41. The van der Waals surface area contributed by atoms with Gasteiger partial charge in [0.1, 0.15) is 11.5 Å². The Labute approximate surface area is 152 Å². The molecule has 0 aliphatic heterocycles. The Bertz CT molecular complexity index is 919. The number of carbonyl (C=O) groups excluding carboxylic acids is 2. The first-order valence-electron chi connectivity index (χ1n) is 7.60. The molecule has 1 aromatic carbocycles. The minimum atomic E-state index is -1.15. The van der Waals surface area contributed by atoms with Crippen molar-refractivity contribution < 1.29 is 23.5 Å². The number of methoxy groups -OCH3 is 1. The third kappa shape index (κ3) is 3.65. The number of aromatic nitrogens is 2. The summed E-state index contributed by atoms with van der Waals surface area (Å²) in [5, 5.41) is 7.73. The summed E-state index contributed by atoms with van der Waals surface area (Å²) in [5.74, 6) is -1.74. The molecule has 6 nitrogen and oxygen atoms in total. The van der Waals surface area contributed by atoms with Crippen molar-refractivity contribution >= 4 is 23.3 Å². The predicted octanol–water partition coefficient (Wildman–Crippen LogP) is 3.36. The lowest BCUT2D eigenvalue weighted by Crippen LogP contribution is -2.22. The summed E-state index contributed by atoms with van der Waals surface area (Å²) in [5.41, 5.74) is 1.84. The summed E-state index contributed by atoms with van der Waals surface area (Å²) in [6, 6.07) is 8.97. The molecule has 8 heteroatoms. The van der Waals surface area contributed by atoms with E-state index in [1.54, 1.807) is 36.0 Å². The number of thiophene rings is 1. The fourth-order valence-corrected chi connectivity index (χ4v) is 3.04. The maximum atomic E-state index is 13.1. The van der Waals surface area contributed by atoms with Gasteiger partial charge >= 0.3 is 11.9 Å². The van der Waals surface area contributed by atoms with E-state index in [0.717, 1.165) is 0 Å². The topological polar surface area (TPSA) is 70.4 Å². The zero-order valence-electron chi connectivity index (χ0n) is 14.0. The van der Waals surface area contributed by atoms with Gasteiger partial charge in [0, 0.05) is 18.2 Å². The molecular weight excluding hydrogens is 359 g/mol. The van der Waals surface area contributed by atoms with Crippen LogP contribution in [0, 0.1) is 5.82 Å². The van der Waals surface area contributed by atoms with E-state index in [9.17, 15) is 14.0 Å². The molecule has 0 saturated carbocycles. The molecule has 0 fully saturated rings. The highest BCUT2D eigenvalue weighted by Crippen LogP contribution is 2.25. The summed E-state index contributed by atoms with van der Waals surface area (Å²) in [6.07, 6.45) is -1.15. The molecule has 1 unspecified atom stereocenters. The van der Waals surface area contributed by atoms with Gasteiger partial charge in [-0.3, -0.25) is 4.68 Å². The standard InChI is InChI=1S/C18H15FN2O4S/c1-21-15(9-14(20-21)11-3-5-13(19)6-4-11)17(22)25-16(18(23)24-2)12-7-8-26-10-12/h3-10,16H,1-2H3. The average molecular weight is 374 g/mol. The van der Waals surface area contributed by atoms with Gasteiger partial charge < -0.3 is 9.47 Å². The van der Waals surface area contributed by atoms with Crippen LogP contribution in [0.1, 0.15) is 22.2 Å². The van der Waals surface area contributed by atoms with Crippen molar-refractivity contribution in [2.45, 2.75) is 6.10 Å². The van der Waals surface area contributed by atoms with Crippen LogP contribution in [-0.2, 0) is 21.3 Å². The zero-order valence-corrected chi connectivity index (χ0v) is 14.8. The normalized spacial score (nSPS) is 11.8. The molecule has 2 aromatic heterocycles. The second-order valence-corrected chi connectivity index (χ2v) is 6.19. The fraction of sp³-hybridized carbons (Fsp3) is 0.167. The second kappa shape index (κ2) is 7.49. The molecule has 2 heterocycles. The van der Waals surface area contributed by atoms with Gasteiger partial charge in [0.15, 0.2) is 0 Å². The van der Waals surface area contributed by atoms with Crippen LogP contribution in [0.15, 0.2) is 47.2 Å². The highest BCUT2D eigenvalue weighted by molar-refractivity contribution is 7.08. The van der Waals surface area contributed by atoms with E-state index >= 15 is 0 Å². The van der Waals surface area contributed by atoms with E-state index in [1.807, 2.05) is 0 Å².